The van der Waals surface area contributed by atoms with Crippen LogP contribution in [0, 0.1) is 37.5 Å². The summed E-state index contributed by atoms with van der Waals surface area (Å²) in [6, 6.07) is -4.80. The second kappa shape index (κ2) is 31.2. The minimum absolute atomic E-state index is 0.0454. The van der Waals surface area contributed by atoms with Crippen molar-refractivity contribution in [2.45, 2.75) is 176 Å². The van der Waals surface area contributed by atoms with Gasteiger partial charge in [-0.3, -0.25) is 52.7 Å². The second-order valence-corrected chi connectivity index (χ2v) is 28.6. The Kier molecular flexibility index (Phi) is 23.9. The van der Waals surface area contributed by atoms with Crippen LogP contribution in [-0.4, -0.2) is 220 Å². The molecule has 29 nitrogen and oxygen atoms in total. The predicted octanol–water partition coefficient (Wildman–Crippen LogP) is 3.64. The molecule has 2 aromatic rings. The Morgan fingerprint density at radius 2 is 1.09 bits per heavy atom. The van der Waals surface area contributed by atoms with Gasteiger partial charge in [0.1, 0.15) is 71.8 Å². The molecule has 100 heavy (non-hydrogen) atoms. The quantitative estimate of drug-likeness (QED) is 0.0709. The fraction of sp³-hybridized carbons (Fsp3) is 0.565. The second-order valence-electron chi connectivity index (χ2n) is 27.8. The molecule has 5 heterocycles. The fourth-order valence-electron chi connectivity index (χ4n) is 13.4. The van der Waals surface area contributed by atoms with E-state index in [2.05, 4.69) is 26.6 Å². The third-order valence-corrected chi connectivity index (χ3v) is 19.9. The van der Waals surface area contributed by atoms with Crippen molar-refractivity contribution in [1.29, 1.82) is 0 Å². The number of nitrogens with zero attached hydrogens (tertiary/aromatic N) is 7. The monoisotopic (exact) mass is 1430 g/mol. The van der Waals surface area contributed by atoms with E-state index in [4.69, 9.17) is 47.8 Å². The number of ether oxygens (including phenoxy) is 2. The minimum atomic E-state index is -1.93. The lowest BCUT2D eigenvalue weighted by molar-refractivity contribution is -0.163. The number of aryl methyl sites for hydroxylation is 1. The van der Waals surface area contributed by atoms with Gasteiger partial charge in [0.2, 0.25) is 52.7 Å². The lowest BCUT2D eigenvalue weighted by atomic mass is 9.98. The standard InChI is InChI=1S/C69H91Cl2N13O16/c1-30(2)49-66(94)83-23-17-19-43(83)64(92)79(13)28-45(85)81(15)55(32(5)6)68(96)98-36(11)51(62(90)75-49)77-60(88)39-26-42(73-27-38-21-22-40(70)41(71)25-38)34(9)58-53(39)74-54-47(48(72)57(87)35(10)59(54)100-58)61(89)78-52-37(12)99-69(97)56(33(7)8)82(16)46(86)29-80(14)65(93)44-20-18-24-84(44)67(95)50(31(3)4)76-63(52)91/h21-22,25-26,30-33,36-37,43-44,49-52,55-56,73H,17-20,23-24,27-29,72H2,1-16H3,(H,75,90)(H,76,91)(H,77,88)(H,78,89)/t36-,37+,43-,44+,49-,50+,51+,52-,55+,56-/m1/s1. The Balaban J connectivity index is 1.28. The number of halogens is 2. The summed E-state index contributed by atoms with van der Waals surface area (Å²) in [6.45, 7) is 18.2. The van der Waals surface area contributed by atoms with Gasteiger partial charge in [0.25, 0.3) is 11.8 Å². The molecule has 0 aromatic heterocycles. The van der Waals surface area contributed by atoms with E-state index in [-0.39, 0.29) is 81.8 Å². The van der Waals surface area contributed by atoms with Crippen LogP contribution in [0.15, 0.2) is 33.5 Å². The van der Waals surface area contributed by atoms with Crippen LogP contribution in [0.2, 0.25) is 10.0 Å². The Morgan fingerprint density at radius 1 is 0.630 bits per heavy atom. The molecule has 4 saturated heterocycles. The first kappa shape index (κ1) is 76.6. The highest BCUT2D eigenvalue weighted by molar-refractivity contribution is 6.42. The molecule has 4 fully saturated rings. The third kappa shape index (κ3) is 15.7. The number of esters is 2. The van der Waals surface area contributed by atoms with Gasteiger partial charge in [-0.25, -0.2) is 14.6 Å². The molecule has 0 saturated carbocycles. The number of fused-ring (bicyclic) bond motifs is 4. The van der Waals surface area contributed by atoms with Gasteiger partial charge in [-0.1, -0.05) is 84.7 Å². The molecule has 1 aliphatic carbocycles. The Labute approximate surface area is 589 Å². The number of carbonyl (C=O) groups is 12. The van der Waals surface area contributed by atoms with Gasteiger partial charge < -0.3 is 75.6 Å². The van der Waals surface area contributed by atoms with E-state index < -0.39 is 191 Å². The van der Waals surface area contributed by atoms with Crippen molar-refractivity contribution in [3.05, 3.63) is 72.4 Å². The molecule has 0 bridgehead atoms. The topological polar surface area (TPSA) is 372 Å². The number of hydrogen-bond acceptors (Lipinski definition) is 19. The summed E-state index contributed by atoms with van der Waals surface area (Å²) in [6.07, 6.45) is -1.83. The largest absolute Gasteiger partial charge is 0.458 e. The zero-order valence-electron chi connectivity index (χ0n) is 59.3. The molecule has 10 amide bonds. The predicted molar refractivity (Wildman–Crippen MR) is 369 cm³/mol. The van der Waals surface area contributed by atoms with Crippen LogP contribution in [-0.2, 0) is 64.0 Å². The number of cyclic esters (lactones) is 2. The summed E-state index contributed by atoms with van der Waals surface area (Å²) in [7, 11) is 5.56. The summed E-state index contributed by atoms with van der Waals surface area (Å²) in [5.74, 6) is -12.9. The van der Waals surface area contributed by atoms with Gasteiger partial charge in [-0.15, -0.1) is 0 Å². The summed E-state index contributed by atoms with van der Waals surface area (Å²) >= 11 is 12.7. The maximum absolute atomic E-state index is 15.7. The van der Waals surface area contributed by atoms with Gasteiger partial charge in [0.05, 0.1) is 39.9 Å². The SMILES string of the molecule is Cc1c2oc3c(C)c(NCc4ccc(Cl)c(Cl)c4)cc(C(=O)N[C@@H]4C(=O)N[C@H](C(C)C)C(=O)N5CCC[C@@H]5C(=O)N(C)CC(=O)N(C)[C@@H](C(C)C)C(=O)O[C@@H]4C)c3nc-2c(C(=O)N[C@H]2C(=O)N[C@@H](C(C)C)C(=O)N3CCC[C@H]3C(=O)N(C)CC(=O)N(C)[C@H](C(C)C)C(=O)O[C@H]2C)c(N)c1=O. The van der Waals surface area contributed by atoms with E-state index >= 15 is 19.2 Å². The first-order chi connectivity index (χ1) is 46.9. The van der Waals surface area contributed by atoms with Crippen molar-refractivity contribution in [2.24, 2.45) is 23.7 Å². The molecule has 0 spiro atoms. The molecule has 5 aliphatic heterocycles. The van der Waals surface area contributed by atoms with E-state index in [0.717, 1.165) is 9.80 Å². The molecule has 10 atom stereocenters. The Morgan fingerprint density at radius 3 is 1.53 bits per heavy atom. The average molecular weight is 1430 g/mol. The van der Waals surface area contributed by atoms with Crippen molar-refractivity contribution in [3.63, 3.8) is 0 Å². The van der Waals surface area contributed by atoms with Crippen LogP contribution in [0.3, 0.4) is 0 Å². The minimum Gasteiger partial charge on any atom is -0.458 e. The van der Waals surface area contributed by atoms with Crippen LogP contribution in [0.5, 0.6) is 0 Å². The molecule has 7 N–H and O–H groups in total. The Bertz CT molecular complexity index is 3970. The molecule has 31 heteroatoms. The normalized spacial score (nSPS) is 24.7. The fourth-order valence-corrected chi connectivity index (χ4v) is 13.7. The van der Waals surface area contributed by atoms with E-state index in [0.29, 0.717) is 18.4 Å². The molecule has 0 radical (unpaired) electrons. The Hall–Kier alpha value is -9.12. The number of amides is 10. The highest BCUT2D eigenvalue weighted by atomic mass is 35.5. The number of aromatic nitrogens is 1. The molecule has 6 aliphatic rings. The molecule has 2 aromatic carbocycles. The van der Waals surface area contributed by atoms with E-state index in [9.17, 15) is 43.2 Å². The van der Waals surface area contributed by atoms with E-state index in [1.807, 2.05) is 0 Å². The van der Waals surface area contributed by atoms with Crippen molar-refractivity contribution >= 4 is 117 Å². The third-order valence-electron chi connectivity index (χ3n) is 19.2. The highest BCUT2D eigenvalue weighted by Gasteiger charge is 2.47. The van der Waals surface area contributed by atoms with Gasteiger partial charge in [-0.2, -0.15) is 0 Å². The van der Waals surface area contributed by atoms with Crippen LogP contribution < -0.4 is 37.7 Å². The number of rotatable bonds is 11. The molecule has 542 valence electrons. The van der Waals surface area contributed by atoms with Gasteiger partial charge in [-0.05, 0) is 101 Å². The van der Waals surface area contributed by atoms with Crippen molar-refractivity contribution in [1.82, 2.24) is 55.7 Å². The zero-order chi connectivity index (χ0) is 74.1. The van der Waals surface area contributed by atoms with Crippen LogP contribution in [0.25, 0.3) is 22.6 Å². The molecular formula is C69H91Cl2N13O16. The smallest absolute Gasteiger partial charge is 0.329 e. The number of hydrogen-bond donors (Lipinski definition) is 6. The maximum Gasteiger partial charge on any atom is 0.329 e. The van der Waals surface area contributed by atoms with Gasteiger partial charge >= 0.3 is 11.9 Å². The van der Waals surface area contributed by atoms with Gasteiger partial charge in [0.15, 0.2) is 11.3 Å². The van der Waals surface area contributed by atoms with Crippen LogP contribution in [0.4, 0.5) is 11.4 Å². The number of nitrogen functional groups attached to an aromatic ring is 1. The zero-order valence-corrected chi connectivity index (χ0v) is 60.8. The summed E-state index contributed by atoms with van der Waals surface area (Å²) in [5.41, 5.74) is 3.99. The first-order valence-corrected chi connectivity index (χ1v) is 34.3. The summed E-state index contributed by atoms with van der Waals surface area (Å²) in [4.78, 5) is 202. The average Bonchev–Trinajstić information content (AvgIpc) is 0.908. The van der Waals surface area contributed by atoms with Crippen molar-refractivity contribution in [2.75, 3.05) is 65.4 Å². The van der Waals surface area contributed by atoms with Crippen LogP contribution >= 0.6 is 23.2 Å². The maximum atomic E-state index is 15.7. The number of benzene rings is 3. The lowest BCUT2D eigenvalue weighted by Gasteiger charge is -2.36. The summed E-state index contributed by atoms with van der Waals surface area (Å²) in [5, 5.41) is 14.6. The lowest BCUT2D eigenvalue weighted by Crippen LogP contribution is -2.61. The molecular weight excluding hydrogens is 1340 g/mol. The van der Waals surface area contributed by atoms with Crippen molar-refractivity contribution < 1.29 is 71.4 Å². The van der Waals surface area contributed by atoms with E-state index in [1.54, 1.807) is 80.5 Å². The number of nitrogens with one attached hydrogen (secondary N) is 5. The van der Waals surface area contributed by atoms with Gasteiger partial charge in [0, 0.05) is 64.6 Å². The number of nitrogens with two attached hydrogens (primary N) is 1. The molecule has 0 unspecified atom stereocenters. The van der Waals surface area contributed by atoms with Crippen molar-refractivity contribution in [3.8, 4) is 11.5 Å². The first-order valence-electron chi connectivity index (χ1n) is 33.5. The molecule has 8 rings (SSSR count). The number of likely N-dealkylation sites (N-methyl/N-ethyl adjacent to an activating group) is 4. The summed E-state index contributed by atoms with van der Waals surface area (Å²) < 4.78 is 18.7. The van der Waals surface area contributed by atoms with Crippen LogP contribution in [0.1, 0.15) is 132 Å². The highest BCUT2D eigenvalue weighted by Crippen LogP contribution is 2.38. The number of carbonyl (C=O) groups excluding carboxylic acids is 12. The number of anilines is 2. The van der Waals surface area contributed by atoms with E-state index in [1.165, 1.54) is 74.6 Å².